The van der Waals surface area contributed by atoms with Gasteiger partial charge in [0.1, 0.15) is 0 Å². The number of hydrogen-bond donors (Lipinski definition) is 1. The van der Waals surface area contributed by atoms with E-state index in [1.54, 1.807) is 5.06 Å². The number of hydroxylamine groups is 2. The van der Waals surface area contributed by atoms with Crippen molar-refractivity contribution < 1.29 is 19.5 Å². The highest BCUT2D eigenvalue weighted by Crippen LogP contribution is 2.15. The van der Waals surface area contributed by atoms with Crippen LogP contribution in [0.5, 0.6) is 0 Å². The topological polar surface area (TPSA) is 70.1 Å². The SMILES string of the molecule is O=C(O)/C=C\C(=O)ON1CCN(c2ccccc2)CC1. The van der Waals surface area contributed by atoms with E-state index in [9.17, 15) is 9.59 Å². The number of benzene rings is 1. The van der Waals surface area contributed by atoms with E-state index in [0.29, 0.717) is 13.1 Å². The number of carboxylic acid groups (broad SMARTS) is 1. The fourth-order valence-corrected chi connectivity index (χ4v) is 1.97. The molecule has 1 fully saturated rings. The predicted octanol–water partition coefficient (Wildman–Crippen LogP) is 0.908. The maximum atomic E-state index is 11.3. The Morgan fingerprint density at radius 3 is 2.30 bits per heavy atom. The summed E-state index contributed by atoms with van der Waals surface area (Å²) in [6, 6.07) is 10.0. The molecule has 0 unspecified atom stereocenters. The van der Waals surface area contributed by atoms with Crippen LogP contribution < -0.4 is 4.90 Å². The van der Waals surface area contributed by atoms with Crippen LogP contribution in [0.2, 0.25) is 0 Å². The number of aliphatic carboxylic acids is 1. The number of anilines is 1. The lowest BCUT2D eigenvalue weighted by atomic mass is 10.2. The Morgan fingerprint density at radius 1 is 1.05 bits per heavy atom. The lowest BCUT2D eigenvalue weighted by molar-refractivity contribution is -0.185. The van der Waals surface area contributed by atoms with Gasteiger partial charge in [-0.1, -0.05) is 18.2 Å². The van der Waals surface area contributed by atoms with Crippen LogP contribution in [0.15, 0.2) is 42.5 Å². The largest absolute Gasteiger partial charge is 0.478 e. The van der Waals surface area contributed by atoms with Crippen molar-refractivity contribution in [3.63, 3.8) is 0 Å². The van der Waals surface area contributed by atoms with Crippen molar-refractivity contribution in [2.75, 3.05) is 31.1 Å². The lowest BCUT2D eigenvalue weighted by Crippen LogP contribution is -2.46. The zero-order chi connectivity index (χ0) is 14.4. The molecule has 1 aliphatic rings. The second kappa shape index (κ2) is 6.72. The van der Waals surface area contributed by atoms with Gasteiger partial charge < -0.3 is 14.8 Å². The summed E-state index contributed by atoms with van der Waals surface area (Å²) < 4.78 is 0. The minimum Gasteiger partial charge on any atom is -0.478 e. The van der Waals surface area contributed by atoms with Gasteiger partial charge in [-0.05, 0) is 12.1 Å². The van der Waals surface area contributed by atoms with Gasteiger partial charge in [0.15, 0.2) is 0 Å². The standard InChI is InChI=1S/C14H16N2O4/c17-13(18)6-7-14(19)20-16-10-8-15(9-11-16)12-4-2-1-3-5-12/h1-7H,8-11H2,(H,17,18)/b7-6-. The fraction of sp³-hybridized carbons (Fsp3) is 0.286. The number of para-hydroxylation sites is 1. The predicted molar refractivity (Wildman–Crippen MR) is 73.1 cm³/mol. The fourth-order valence-electron chi connectivity index (χ4n) is 1.97. The van der Waals surface area contributed by atoms with E-state index < -0.39 is 11.9 Å². The van der Waals surface area contributed by atoms with E-state index in [4.69, 9.17) is 9.94 Å². The Morgan fingerprint density at radius 2 is 1.70 bits per heavy atom. The number of carboxylic acids is 1. The molecular formula is C14H16N2O4. The van der Waals surface area contributed by atoms with Gasteiger partial charge in [-0.2, -0.15) is 0 Å². The second-order valence-electron chi connectivity index (χ2n) is 4.33. The first-order valence-electron chi connectivity index (χ1n) is 6.33. The first-order chi connectivity index (χ1) is 9.65. The summed E-state index contributed by atoms with van der Waals surface area (Å²) in [5.41, 5.74) is 1.14. The normalized spacial score (nSPS) is 16.3. The molecule has 0 aromatic heterocycles. The molecule has 1 aliphatic heterocycles. The third-order valence-electron chi connectivity index (χ3n) is 2.94. The molecule has 1 aromatic carbocycles. The molecule has 0 radical (unpaired) electrons. The Labute approximate surface area is 116 Å². The maximum Gasteiger partial charge on any atom is 0.349 e. The van der Waals surface area contributed by atoms with Gasteiger partial charge in [-0.15, -0.1) is 5.06 Å². The molecule has 1 aromatic rings. The highest BCUT2D eigenvalue weighted by atomic mass is 16.7. The van der Waals surface area contributed by atoms with Crippen molar-refractivity contribution in [1.29, 1.82) is 0 Å². The molecule has 106 valence electrons. The highest BCUT2D eigenvalue weighted by molar-refractivity contribution is 5.90. The molecule has 20 heavy (non-hydrogen) atoms. The van der Waals surface area contributed by atoms with Crippen LogP contribution in [0.3, 0.4) is 0 Å². The van der Waals surface area contributed by atoms with Crippen LogP contribution in [0.25, 0.3) is 0 Å². The lowest BCUT2D eigenvalue weighted by Gasteiger charge is -2.34. The molecule has 0 spiro atoms. The Bertz CT molecular complexity index is 493. The Balaban J connectivity index is 1.80. The number of carbonyl (C=O) groups is 2. The average Bonchev–Trinajstić information content (AvgIpc) is 2.47. The quantitative estimate of drug-likeness (QED) is 0.824. The average molecular weight is 276 g/mol. The summed E-state index contributed by atoms with van der Waals surface area (Å²) in [7, 11) is 0. The smallest absolute Gasteiger partial charge is 0.349 e. The van der Waals surface area contributed by atoms with E-state index in [-0.39, 0.29) is 0 Å². The van der Waals surface area contributed by atoms with Crippen molar-refractivity contribution in [2.24, 2.45) is 0 Å². The highest BCUT2D eigenvalue weighted by Gasteiger charge is 2.19. The zero-order valence-electron chi connectivity index (χ0n) is 10.9. The van der Waals surface area contributed by atoms with E-state index in [2.05, 4.69) is 4.90 Å². The van der Waals surface area contributed by atoms with Crippen LogP contribution in [0.4, 0.5) is 5.69 Å². The van der Waals surface area contributed by atoms with Gasteiger partial charge in [0.2, 0.25) is 0 Å². The van der Waals surface area contributed by atoms with Gasteiger partial charge >= 0.3 is 11.9 Å². The number of hydrogen-bond acceptors (Lipinski definition) is 5. The van der Waals surface area contributed by atoms with Gasteiger partial charge in [0.25, 0.3) is 0 Å². The molecule has 6 heteroatoms. The van der Waals surface area contributed by atoms with Gasteiger partial charge in [-0.25, -0.2) is 9.59 Å². The minimum absolute atomic E-state index is 0.585. The minimum atomic E-state index is -1.17. The summed E-state index contributed by atoms with van der Waals surface area (Å²) in [5.74, 6) is -1.84. The van der Waals surface area contributed by atoms with E-state index in [1.807, 2.05) is 30.3 Å². The van der Waals surface area contributed by atoms with E-state index in [1.165, 1.54) is 0 Å². The molecule has 6 nitrogen and oxygen atoms in total. The molecule has 0 saturated carbocycles. The molecule has 0 aliphatic carbocycles. The first-order valence-corrected chi connectivity index (χ1v) is 6.33. The molecule has 2 rings (SSSR count). The van der Waals surface area contributed by atoms with Gasteiger partial charge in [0.05, 0.1) is 13.1 Å². The molecule has 1 heterocycles. The molecule has 0 amide bonds. The summed E-state index contributed by atoms with van der Waals surface area (Å²) in [5, 5.41) is 9.96. The molecular weight excluding hydrogens is 260 g/mol. The van der Waals surface area contributed by atoms with Crippen molar-refractivity contribution >= 4 is 17.6 Å². The summed E-state index contributed by atoms with van der Waals surface area (Å²) in [6.45, 7) is 2.67. The monoisotopic (exact) mass is 276 g/mol. The van der Waals surface area contributed by atoms with Crippen LogP contribution in [0, 0.1) is 0 Å². The summed E-state index contributed by atoms with van der Waals surface area (Å²) in [6.07, 6.45) is 1.68. The zero-order valence-corrected chi connectivity index (χ0v) is 10.9. The maximum absolute atomic E-state index is 11.3. The number of piperazine rings is 1. The van der Waals surface area contributed by atoms with Gasteiger partial charge in [-0.3, -0.25) is 0 Å². The molecule has 1 saturated heterocycles. The van der Waals surface area contributed by atoms with Gasteiger partial charge in [0, 0.05) is 30.9 Å². The first kappa shape index (κ1) is 14.1. The van der Waals surface area contributed by atoms with Crippen LogP contribution >= 0.6 is 0 Å². The third kappa shape index (κ3) is 4.10. The molecule has 1 N–H and O–H groups in total. The number of nitrogens with zero attached hydrogens (tertiary/aromatic N) is 2. The van der Waals surface area contributed by atoms with E-state index >= 15 is 0 Å². The molecule has 0 bridgehead atoms. The Hall–Kier alpha value is -2.34. The number of carbonyl (C=O) groups excluding carboxylic acids is 1. The van der Waals surface area contributed by atoms with Crippen LogP contribution in [-0.2, 0) is 14.4 Å². The van der Waals surface area contributed by atoms with Crippen molar-refractivity contribution in [3.05, 3.63) is 42.5 Å². The van der Waals surface area contributed by atoms with E-state index in [0.717, 1.165) is 30.9 Å². The molecule has 0 atom stereocenters. The van der Waals surface area contributed by atoms with Crippen molar-refractivity contribution in [1.82, 2.24) is 5.06 Å². The summed E-state index contributed by atoms with van der Waals surface area (Å²) >= 11 is 0. The third-order valence-corrected chi connectivity index (χ3v) is 2.94. The number of rotatable bonds is 4. The second-order valence-corrected chi connectivity index (χ2v) is 4.33. The van der Waals surface area contributed by atoms with Crippen molar-refractivity contribution in [3.8, 4) is 0 Å². The van der Waals surface area contributed by atoms with Crippen LogP contribution in [0.1, 0.15) is 0 Å². The Kier molecular flexibility index (Phi) is 4.73. The van der Waals surface area contributed by atoms with Crippen molar-refractivity contribution in [2.45, 2.75) is 0 Å². The summed E-state index contributed by atoms with van der Waals surface area (Å²) in [4.78, 5) is 28.9. The van der Waals surface area contributed by atoms with Crippen LogP contribution in [-0.4, -0.2) is 48.3 Å².